The SMILES string of the molecule is Cc1cccc(C)c1OCCOc1ccc(Cl)cc1/C=N/O. The number of rotatable bonds is 6. The van der Waals surface area contributed by atoms with E-state index in [1.807, 2.05) is 32.0 Å². The summed E-state index contributed by atoms with van der Waals surface area (Å²) >= 11 is 5.91. The van der Waals surface area contributed by atoms with Gasteiger partial charge < -0.3 is 14.7 Å². The van der Waals surface area contributed by atoms with Gasteiger partial charge in [-0.3, -0.25) is 0 Å². The first-order valence-electron chi connectivity index (χ1n) is 6.90. The van der Waals surface area contributed by atoms with Gasteiger partial charge in [0.05, 0.1) is 6.21 Å². The maximum absolute atomic E-state index is 8.66. The fourth-order valence-corrected chi connectivity index (χ4v) is 2.32. The van der Waals surface area contributed by atoms with Crippen LogP contribution in [-0.4, -0.2) is 24.6 Å². The number of ether oxygens (including phenoxy) is 2. The molecular formula is C17H18ClNO3. The van der Waals surface area contributed by atoms with Crippen LogP contribution in [-0.2, 0) is 0 Å². The number of oxime groups is 1. The summed E-state index contributed by atoms with van der Waals surface area (Å²) < 4.78 is 11.4. The fourth-order valence-electron chi connectivity index (χ4n) is 2.14. The molecule has 22 heavy (non-hydrogen) atoms. The Morgan fingerprint density at radius 1 is 1.09 bits per heavy atom. The maximum Gasteiger partial charge on any atom is 0.128 e. The summed E-state index contributed by atoms with van der Waals surface area (Å²) in [5.74, 6) is 1.48. The predicted octanol–water partition coefficient (Wildman–Crippen LogP) is 4.22. The maximum atomic E-state index is 8.66. The summed E-state index contributed by atoms with van der Waals surface area (Å²) in [6.45, 7) is 4.82. The van der Waals surface area contributed by atoms with Crippen molar-refractivity contribution in [1.29, 1.82) is 0 Å². The first-order valence-corrected chi connectivity index (χ1v) is 7.28. The zero-order chi connectivity index (χ0) is 15.9. The molecule has 0 aliphatic heterocycles. The van der Waals surface area contributed by atoms with Gasteiger partial charge in [-0.05, 0) is 43.2 Å². The molecule has 116 valence electrons. The van der Waals surface area contributed by atoms with Crippen molar-refractivity contribution in [1.82, 2.24) is 0 Å². The van der Waals surface area contributed by atoms with E-state index in [9.17, 15) is 0 Å². The number of hydrogen-bond donors (Lipinski definition) is 1. The van der Waals surface area contributed by atoms with Gasteiger partial charge in [-0.15, -0.1) is 0 Å². The summed E-state index contributed by atoms with van der Waals surface area (Å²) in [6.07, 6.45) is 1.29. The minimum Gasteiger partial charge on any atom is -0.489 e. The van der Waals surface area contributed by atoms with Gasteiger partial charge in [0.1, 0.15) is 24.7 Å². The molecule has 5 heteroatoms. The largest absolute Gasteiger partial charge is 0.489 e. The molecule has 2 rings (SSSR count). The zero-order valence-electron chi connectivity index (χ0n) is 12.5. The van der Waals surface area contributed by atoms with E-state index >= 15 is 0 Å². The minimum atomic E-state index is 0.377. The molecule has 0 amide bonds. The molecular weight excluding hydrogens is 302 g/mol. The summed E-state index contributed by atoms with van der Waals surface area (Å²) in [5.41, 5.74) is 2.81. The van der Waals surface area contributed by atoms with E-state index in [2.05, 4.69) is 5.16 Å². The van der Waals surface area contributed by atoms with Crippen molar-refractivity contribution >= 4 is 17.8 Å². The average molecular weight is 320 g/mol. The minimum absolute atomic E-state index is 0.377. The van der Waals surface area contributed by atoms with Crippen LogP contribution in [0.3, 0.4) is 0 Å². The van der Waals surface area contributed by atoms with Gasteiger partial charge in [0, 0.05) is 10.6 Å². The van der Waals surface area contributed by atoms with Crippen LogP contribution in [0.5, 0.6) is 11.5 Å². The number of para-hydroxylation sites is 1. The molecule has 2 aromatic carbocycles. The standard InChI is InChI=1S/C17H18ClNO3/c1-12-4-3-5-13(2)17(12)22-9-8-21-16-7-6-15(18)10-14(16)11-19-20/h3-7,10-11,20H,8-9H2,1-2H3/b19-11+. The summed E-state index contributed by atoms with van der Waals surface area (Å²) in [4.78, 5) is 0. The van der Waals surface area contributed by atoms with Gasteiger partial charge >= 0.3 is 0 Å². The van der Waals surface area contributed by atoms with E-state index in [1.165, 1.54) is 6.21 Å². The Balaban J connectivity index is 1.94. The lowest BCUT2D eigenvalue weighted by atomic mass is 10.1. The van der Waals surface area contributed by atoms with Gasteiger partial charge in [0.15, 0.2) is 0 Å². The first kappa shape index (κ1) is 16.2. The van der Waals surface area contributed by atoms with Gasteiger partial charge in [0.25, 0.3) is 0 Å². The second kappa shape index (κ2) is 7.71. The smallest absolute Gasteiger partial charge is 0.128 e. The number of hydrogen-bond acceptors (Lipinski definition) is 4. The Labute approximate surface area is 134 Å². The lowest BCUT2D eigenvalue weighted by molar-refractivity contribution is 0.215. The van der Waals surface area contributed by atoms with Crippen LogP contribution in [0.2, 0.25) is 5.02 Å². The van der Waals surface area contributed by atoms with E-state index < -0.39 is 0 Å². The Hall–Kier alpha value is -2.20. The molecule has 4 nitrogen and oxygen atoms in total. The third-order valence-corrected chi connectivity index (χ3v) is 3.40. The highest BCUT2D eigenvalue weighted by Crippen LogP contribution is 2.23. The van der Waals surface area contributed by atoms with Gasteiger partial charge in [-0.1, -0.05) is 35.0 Å². The lowest BCUT2D eigenvalue weighted by Gasteiger charge is -2.13. The van der Waals surface area contributed by atoms with Crippen LogP contribution in [0.15, 0.2) is 41.6 Å². The van der Waals surface area contributed by atoms with Crippen molar-refractivity contribution in [3.63, 3.8) is 0 Å². The molecule has 1 N–H and O–H groups in total. The quantitative estimate of drug-likeness (QED) is 0.375. The van der Waals surface area contributed by atoms with Crippen molar-refractivity contribution in [3.8, 4) is 11.5 Å². The molecule has 0 fully saturated rings. The Morgan fingerprint density at radius 2 is 1.77 bits per heavy atom. The number of nitrogens with zero attached hydrogens (tertiary/aromatic N) is 1. The molecule has 2 aromatic rings. The normalized spacial score (nSPS) is 10.9. The highest BCUT2D eigenvalue weighted by molar-refractivity contribution is 6.30. The van der Waals surface area contributed by atoms with Gasteiger partial charge in [-0.2, -0.15) is 0 Å². The lowest BCUT2D eigenvalue weighted by Crippen LogP contribution is -2.11. The topological polar surface area (TPSA) is 51.0 Å². The first-order chi connectivity index (χ1) is 10.6. The Kier molecular flexibility index (Phi) is 5.67. The van der Waals surface area contributed by atoms with E-state index in [-0.39, 0.29) is 0 Å². The number of aryl methyl sites for hydroxylation is 2. The summed E-state index contributed by atoms with van der Waals surface area (Å²) in [7, 11) is 0. The van der Waals surface area contributed by atoms with Crippen LogP contribution >= 0.6 is 11.6 Å². The van der Waals surface area contributed by atoms with Crippen molar-refractivity contribution in [2.75, 3.05) is 13.2 Å². The van der Waals surface area contributed by atoms with Crippen LogP contribution < -0.4 is 9.47 Å². The molecule has 0 heterocycles. The third kappa shape index (κ3) is 4.15. The van der Waals surface area contributed by atoms with Crippen molar-refractivity contribution in [3.05, 3.63) is 58.1 Å². The molecule has 0 saturated carbocycles. The number of benzene rings is 2. The highest BCUT2D eigenvalue weighted by Gasteiger charge is 2.05. The van der Waals surface area contributed by atoms with Crippen LogP contribution in [0.1, 0.15) is 16.7 Å². The van der Waals surface area contributed by atoms with E-state index in [0.29, 0.717) is 29.5 Å². The van der Waals surface area contributed by atoms with E-state index in [0.717, 1.165) is 16.9 Å². The fraction of sp³-hybridized carbons (Fsp3) is 0.235. The molecule has 0 unspecified atom stereocenters. The van der Waals surface area contributed by atoms with Crippen LogP contribution in [0.4, 0.5) is 0 Å². The monoisotopic (exact) mass is 319 g/mol. The molecule has 0 aliphatic rings. The molecule has 0 bridgehead atoms. The van der Waals surface area contributed by atoms with Gasteiger partial charge in [-0.25, -0.2) is 0 Å². The van der Waals surface area contributed by atoms with E-state index in [4.69, 9.17) is 26.3 Å². The third-order valence-electron chi connectivity index (χ3n) is 3.16. The molecule has 0 aromatic heterocycles. The van der Waals surface area contributed by atoms with Crippen molar-refractivity contribution < 1.29 is 14.7 Å². The predicted molar refractivity (Wildman–Crippen MR) is 87.7 cm³/mol. The number of halogens is 1. The molecule has 0 saturated heterocycles. The summed E-state index contributed by atoms with van der Waals surface area (Å²) in [6, 6.07) is 11.2. The Bertz CT molecular complexity index is 651. The van der Waals surface area contributed by atoms with E-state index in [1.54, 1.807) is 18.2 Å². The molecule has 0 radical (unpaired) electrons. The van der Waals surface area contributed by atoms with Crippen molar-refractivity contribution in [2.45, 2.75) is 13.8 Å². The summed E-state index contributed by atoms with van der Waals surface area (Å²) in [5, 5.41) is 12.2. The molecule has 0 aliphatic carbocycles. The molecule has 0 atom stereocenters. The van der Waals surface area contributed by atoms with Crippen LogP contribution in [0, 0.1) is 13.8 Å². The average Bonchev–Trinajstić information content (AvgIpc) is 2.48. The highest BCUT2D eigenvalue weighted by atomic mass is 35.5. The van der Waals surface area contributed by atoms with Crippen molar-refractivity contribution in [2.24, 2.45) is 5.16 Å². The Morgan fingerprint density at radius 3 is 2.45 bits per heavy atom. The van der Waals surface area contributed by atoms with Gasteiger partial charge in [0.2, 0.25) is 0 Å². The second-order valence-electron chi connectivity index (χ2n) is 4.84. The van der Waals surface area contributed by atoms with Crippen LogP contribution in [0.25, 0.3) is 0 Å². The zero-order valence-corrected chi connectivity index (χ0v) is 13.3. The molecule has 0 spiro atoms. The second-order valence-corrected chi connectivity index (χ2v) is 5.28.